The minimum Gasteiger partial charge on any atom is -0.468 e. The predicted octanol–water partition coefficient (Wildman–Crippen LogP) is 9.24. The van der Waals surface area contributed by atoms with Gasteiger partial charge in [0, 0.05) is 49.7 Å². The van der Waals surface area contributed by atoms with Gasteiger partial charge >= 0.3 is 0 Å². The number of aromatic nitrogens is 2. The molecule has 7 aromatic carbocycles. The number of para-hydroxylation sites is 5. The van der Waals surface area contributed by atoms with Crippen molar-refractivity contribution in [1.29, 1.82) is 0 Å². The molecule has 0 fully saturated rings. The summed E-state index contributed by atoms with van der Waals surface area (Å²) in [6.07, 6.45) is 0. The SMILES string of the molecule is c1ccc(N2c3cccc4c3B(c3oc5ccccc5c32)c2cc3c(c5ccccc5n3-c3ccccc3)c3c5ccccc5n-4c23)cc1. The first-order chi connectivity index (χ1) is 24.4. The fraction of sp³-hybridized carbons (Fsp3) is 0. The van der Waals surface area contributed by atoms with Gasteiger partial charge in [-0.3, -0.25) is 0 Å². The van der Waals surface area contributed by atoms with Gasteiger partial charge in [0.2, 0.25) is 0 Å². The highest BCUT2D eigenvalue weighted by molar-refractivity contribution is 7.00. The molecule has 5 heteroatoms. The lowest BCUT2D eigenvalue weighted by molar-refractivity contribution is 0.651. The molecule has 4 nitrogen and oxygen atoms in total. The van der Waals surface area contributed by atoms with Crippen molar-refractivity contribution in [3.8, 4) is 11.4 Å². The van der Waals surface area contributed by atoms with Crippen molar-refractivity contribution in [1.82, 2.24) is 9.13 Å². The van der Waals surface area contributed by atoms with Gasteiger partial charge < -0.3 is 18.5 Å². The van der Waals surface area contributed by atoms with Crippen LogP contribution in [0.3, 0.4) is 0 Å². The summed E-state index contributed by atoms with van der Waals surface area (Å²) in [7, 11) is 0. The molecule has 0 atom stereocenters. The average Bonchev–Trinajstić information content (AvgIpc) is 3.82. The third-order valence-corrected chi connectivity index (χ3v) is 10.9. The summed E-state index contributed by atoms with van der Waals surface area (Å²) in [6, 6.07) is 57.1. The summed E-state index contributed by atoms with van der Waals surface area (Å²) < 4.78 is 12.0. The Morgan fingerprint density at radius 1 is 0.469 bits per heavy atom. The minimum absolute atomic E-state index is 0.0977. The highest BCUT2D eigenvalue weighted by Crippen LogP contribution is 2.47. The molecular weight excluding hydrogens is 597 g/mol. The summed E-state index contributed by atoms with van der Waals surface area (Å²) in [4.78, 5) is 2.42. The molecule has 0 spiro atoms. The molecule has 3 aromatic heterocycles. The molecule has 0 amide bonds. The van der Waals surface area contributed by atoms with Gasteiger partial charge in [0.1, 0.15) is 5.58 Å². The summed E-state index contributed by atoms with van der Waals surface area (Å²) in [6.45, 7) is -0.0977. The second-order valence-electron chi connectivity index (χ2n) is 13.2. The summed E-state index contributed by atoms with van der Waals surface area (Å²) in [5.41, 5.74) is 15.1. The Morgan fingerprint density at radius 3 is 1.86 bits per heavy atom. The van der Waals surface area contributed by atoms with E-state index in [1.165, 1.54) is 65.9 Å². The Kier molecular flexibility index (Phi) is 4.77. The van der Waals surface area contributed by atoms with Gasteiger partial charge in [-0.05, 0) is 77.7 Å². The van der Waals surface area contributed by atoms with Crippen LogP contribution in [0.25, 0.3) is 66.0 Å². The van der Waals surface area contributed by atoms with Crippen LogP contribution in [0.15, 0.2) is 162 Å². The lowest BCUT2D eigenvalue weighted by Gasteiger charge is -2.38. The number of nitrogens with zero attached hydrogens (tertiary/aromatic N) is 3. The number of benzene rings is 7. The Hall–Kier alpha value is -6.46. The zero-order valence-corrected chi connectivity index (χ0v) is 26.3. The fourth-order valence-corrected chi connectivity index (χ4v) is 9.06. The number of fused-ring (bicyclic) bond motifs is 13. The van der Waals surface area contributed by atoms with Gasteiger partial charge in [0.05, 0.1) is 33.4 Å². The van der Waals surface area contributed by atoms with Gasteiger partial charge in [0.25, 0.3) is 6.71 Å². The maximum atomic E-state index is 7.04. The Labute approximate surface area is 281 Å². The van der Waals surface area contributed by atoms with Crippen molar-refractivity contribution in [3.05, 3.63) is 158 Å². The summed E-state index contributed by atoms with van der Waals surface area (Å²) >= 11 is 0. The quantitative estimate of drug-likeness (QED) is 0.180. The second-order valence-corrected chi connectivity index (χ2v) is 13.2. The Bertz CT molecular complexity index is 3010. The molecule has 0 aliphatic carbocycles. The van der Waals surface area contributed by atoms with Crippen LogP contribution in [-0.4, -0.2) is 15.8 Å². The number of furan rings is 1. The topological polar surface area (TPSA) is 26.2 Å². The maximum absolute atomic E-state index is 7.04. The lowest BCUT2D eigenvalue weighted by Crippen LogP contribution is -2.60. The number of rotatable bonds is 2. The summed E-state index contributed by atoms with van der Waals surface area (Å²) in [5.74, 6) is 0. The van der Waals surface area contributed by atoms with Crippen molar-refractivity contribution >= 4 is 94.9 Å². The monoisotopic (exact) mass is 623 g/mol. The molecule has 12 rings (SSSR count). The molecule has 0 bridgehead atoms. The molecule has 0 radical (unpaired) electrons. The lowest BCUT2D eigenvalue weighted by atomic mass is 9.36. The second kappa shape index (κ2) is 9.12. The van der Waals surface area contributed by atoms with Gasteiger partial charge in [-0.1, -0.05) is 91.0 Å². The van der Waals surface area contributed by atoms with E-state index < -0.39 is 0 Å². The van der Waals surface area contributed by atoms with Crippen molar-refractivity contribution in [3.63, 3.8) is 0 Å². The highest BCUT2D eigenvalue weighted by atomic mass is 16.3. The zero-order valence-electron chi connectivity index (χ0n) is 26.3. The smallest absolute Gasteiger partial charge is 0.297 e. The van der Waals surface area contributed by atoms with E-state index in [0.717, 1.165) is 33.7 Å². The number of hydrogen-bond donors (Lipinski definition) is 0. The van der Waals surface area contributed by atoms with E-state index >= 15 is 0 Å². The van der Waals surface area contributed by atoms with Gasteiger partial charge in [-0.2, -0.15) is 0 Å². The molecule has 10 aromatic rings. The van der Waals surface area contributed by atoms with Crippen molar-refractivity contribution < 1.29 is 4.42 Å². The van der Waals surface area contributed by atoms with Crippen LogP contribution in [0.4, 0.5) is 17.1 Å². The van der Waals surface area contributed by atoms with E-state index in [1.54, 1.807) is 0 Å². The average molecular weight is 624 g/mol. The largest absolute Gasteiger partial charge is 0.468 e. The first kappa shape index (κ1) is 25.6. The molecule has 0 saturated heterocycles. The molecular formula is C44H26BN3O. The molecule has 0 N–H and O–H groups in total. The van der Waals surface area contributed by atoms with Crippen LogP contribution in [0.2, 0.25) is 0 Å². The first-order valence-corrected chi connectivity index (χ1v) is 16.9. The third-order valence-electron chi connectivity index (χ3n) is 10.9. The molecule has 2 aliphatic heterocycles. The van der Waals surface area contributed by atoms with Crippen LogP contribution in [-0.2, 0) is 0 Å². The standard InChI is InChI=1S/C44H26BN3O/c1-3-14-27(15-4-1)46-33-21-10-7-18-29(33)39-37(46)26-32-43-40(39)30-19-8-11-22-34(30)48(43)36-24-13-23-35-41(36)45(32)44-42(31-20-9-12-25-38(31)49-44)47(35)28-16-5-2-6-17-28/h1-26H. The predicted molar refractivity (Wildman–Crippen MR) is 204 cm³/mol. The van der Waals surface area contributed by atoms with E-state index in [9.17, 15) is 0 Å². The first-order valence-electron chi connectivity index (χ1n) is 16.9. The molecule has 49 heavy (non-hydrogen) atoms. The zero-order chi connectivity index (χ0) is 31.8. The minimum atomic E-state index is -0.0977. The Balaban J connectivity index is 1.33. The molecule has 5 heterocycles. The number of hydrogen-bond acceptors (Lipinski definition) is 2. The van der Waals surface area contributed by atoms with E-state index in [2.05, 4.69) is 172 Å². The van der Waals surface area contributed by atoms with Crippen molar-refractivity contribution in [2.45, 2.75) is 0 Å². The van der Waals surface area contributed by atoms with E-state index in [1.807, 2.05) is 0 Å². The van der Waals surface area contributed by atoms with E-state index in [4.69, 9.17) is 4.42 Å². The number of anilines is 3. The van der Waals surface area contributed by atoms with Crippen LogP contribution in [0, 0.1) is 0 Å². The Morgan fingerprint density at radius 2 is 1.08 bits per heavy atom. The molecule has 2 aliphatic rings. The van der Waals surface area contributed by atoms with Gasteiger partial charge in [0.15, 0.2) is 0 Å². The summed E-state index contributed by atoms with van der Waals surface area (Å²) in [5, 5.41) is 6.24. The fourth-order valence-electron chi connectivity index (χ4n) is 9.06. The maximum Gasteiger partial charge on any atom is 0.297 e. The highest BCUT2D eigenvalue weighted by Gasteiger charge is 2.46. The van der Waals surface area contributed by atoms with Gasteiger partial charge in [-0.15, -0.1) is 0 Å². The van der Waals surface area contributed by atoms with Crippen LogP contribution >= 0.6 is 0 Å². The van der Waals surface area contributed by atoms with E-state index in [-0.39, 0.29) is 6.71 Å². The van der Waals surface area contributed by atoms with Crippen molar-refractivity contribution in [2.75, 3.05) is 4.90 Å². The van der Waals surface area contributed by atoms with Crippen LogP contribution in [0.1, 0.15) is 0 Å². The van der Waals surface area contributed by atoms with Crippen LogP contribution < -0.4 is 21.5 Å². The normalized spacial score (nSPS) is 13.2. The van der Waals surface area contributed by atoms with Crippen LogP contribution in [0.5, 0.6) is 0 Å². The van der Waals surface area contributed by atoms with E-state index in [0.29, 0.717) is 0 Å². The molecule has 0 saturated carbocycles. The third kappa shape index (κ3) is 3.11. The molecule has 0 unspecified atom stereocenters. The van der Waals surface area contributed by atoms with Crippen molar-refractivity contribution in [2.24, 2.45) is 0 Å². The molecule has 226 valence electrons. The van der Waals surface area contributed by atoms with Gasteiger partial charge in [-0.25, -0.2) is 0 Å².